The van der Waals surface area contributed by atoms with E-state index in [1.165, 1.54) is 25.3 Å². The third kappa shape index (κ3) is 30.8. The fourth-order valence-electron chi connectivity index (χ4n) is 6.42. The van der Waals surface area contributed by atoms with E-state index in [0.29, 0.717) is 19.3 Å². The molecular weight excluding hydrogens is 900 g/mol. The van der Waals surface area contributed by atoms with Crippen molar-refractivity contribution >= 4 is 19.8 Å². The molecule has 0 aliphatic heterocycles. The molecule has 1 saturated carbocycles. The molecule has 9 N–H and O–H groups in total. The SMILES string of the molecule is CCCCC/C=C\C/C=C\C/C=C\C/C=C\C/C=C\CCC(=O)OC[C@H](COP(=O)(O)OC1[C@H](O)[C@H](O)C(O)[C@H](O)[C@H]1O)OC(=O)CCC[C@H](O)[C@@H](O)/C=C/C=C/C=C\C=C\[C@@H](O)CCCCC. The summed E-state index contributed by atoms with van der Waals surface area (Å²) < 4.78 is 33.2. The van der Waals surface area contributed by atoms with Crippen molar-refractivity contribution in [1.29, 1.82) is 0 Å². The van der Waals surface area contributed by atoms with Gasteiger partial charge in [0.2, 0.25) is 0 Å². The van der Waals surface area contributed by atoms with Gasteiger partial charge >= 0.3 is 19.8 Å². The van der Waals surface area contributed by atoms with E-state index in [9.17, 15) is 59.9 Å². The van der Waals surface area contributed by atoms with E-state index < -0.39 is 94.0 Å². The maximum atomic E-state index is 12.8. The first kappa shape index (κ1) is 62.4. The average molecular weight is 981 g/mol. The number of phosphoric ester groups is 1. The Balaban J connectivity index is 2.66. The lowest BCUT2D eigenvalue weighted by molar-refractivity contribution is -0.220. The number of unbranched alkanes of at least 4 members (excludes halogenated alkanes) is 5. The fourth-order valence-corrected chi connectivity index (χ4v) is 7.39. The summed E-state index contributed by atoms with van der Waals surface area (Å²) >= 11 is 0. The van der Waals surface area contributed by atoms with Gasteiger partial charge in [-0.15, -0.1) is 0 Å². The van der Waals surface area contributed by atoms with Crippen molar-refractivity contribution in [2.24, 2.45) is 0 Å². The number of aliphatic hydroxyl groups excluding tert-OH is 8. The summed E-state index contributed by atoms with van der Waals surface area (Å²) in [4.78, 5) is 35.8. The highest BCUT2D eigenvalue weighted by molar-refractivity contribution is 7.47. The Hall–Kier alpha value is -3.61. The van der Waals surface area contributed by atoms with Crippen LogP contribution in [0, 0.1) is 0 Å². The van der Waals surface area contributed by atoms with Crippen LogP contribution >= 0.6 is 7.82 Å². The van der Waals surface area contributed by atoms with Crippen LogP contribution in [0.2, 0.25) is 0 Å². The van der Waals surface area contributed by atoms with Gasteiger partial charge in [0.1, 0.15) is 43.2 Å². The minimum absolute atomic E-state index is 0.0141. The molecular formula is C51H81O16P. The molecule has 0 radical (unpaired) electrons. The number of phosphoric acid groups is 1. The van der Waals surface area contributed by atoms with Crippen molar-refractivity contribution in [3.63, 3.8) is 0 Å². The van der Waals surface area contributed by atoms with Gasteiger partial charge in [0.15, 0.2) is 6.10 Å². The zero-order chi connectivity index (χ0) is 50.4. The van der Waals surface area contributed by atoms with Gasteiger partial charge in [-0.1, -0.05) is 155 Å². The highest BCUT2D eigenvalue weighted by Crippen LogP contribution is 2.47. The summed E-state index contributed by atoms with van der Waals surface area (Å²) in [6.45, 7) is 2.80. The Morgan fingerprint density at radius 2 is 1.06 bits per heavy atom. The zero-order valence-electron chi connectivity index (χ0n) is 39.9. The molecule has 68 heavy (non-hydrogen) atoms. The van der Waals surface area contributed by atoms with E-state index in [1.54, 1.807) is 42.5 Å². The van der Waals surface area contributed by atoms with Crippen LogP contribution in [0.25, 0.3) is 0 Å². The number of hydrogen-bond acceptors (Lipinski definition) is 15. The second kappa shape index (κ2) is 39.1. The van der Waals surface area contributed by atoms with Gasteiger partial charge in [-0.25, -0.2) is 4.57 Å². The van der Waals surface area contributed by atoms with Gasteiger partial charge in [0, 0.05) is 12.8 Å². The Labute approximate surface area is 403 Å². The number of rotatable bonds is 37. The summed E-state index contributed by atoms with van der Waals surface area (Å²) in [5.41, 5.74) is 0. The first-order chi connectivity index (χ1) is 32.6. The number of aliphatic hydroxyl groups is 8. The summed E-state index contributed by atoms with van der Waals surface area (Å²) in [6, 6.07) is 0. The Bertz CT molecular complexity index is 1650. The molecule has 0 bridgehead atoms. The van der Waals surface area contributed by atoms with Crippen LogP contribution in [0.5, 0.6) is 0 Å². The van der Waals surface area contributed by atoms with Crippen molar-refractivity contribution in [3.05, 3.63) is 109 Å². The maximum Gasteiger partial charge on any atom is 0.472 e. The average Bonchev–Trinajstić information content (AvgIpc) is 3.31. The number of esters is 2. The molecule has 0 spiro atoms. The molecule has 11 atom stereocenters. The van der Waals surface area contributed by atoms with Crippen LogP contribution in [0.1, 0.15) is 123 Å². The second-order valence-corrected chi connectivity index (χ2v) is 17.9. The Morgan fingerprint density at radius 1 is 0.559 bits per heavy atom. The van der Waals surface area contributed by atoms with Crippen LogP contribution in [-0.4, -0.2) is 132 Å². The van der Waals surface area contributed by atoms with E-state index >= 15 is 0 Å². The highest BCUT2D eigenvalue weighted by Gasteiger charge is 2.51. The van der Waals surface area contributed by atoms with E-state index in [1.807, 2.05) is 24.3 Å². The minimum atomic E-state index is -5.24. The van der Waals surface area contributed by atoms with Gasteiger partial charge < -0.3 is 55.2 Å². The van der Waals surface area contributed by atoms with Gasteiger partial charge in [-0.3, -0.25) is 18.6 Å². The van der Waals surface area contributed by atoms with Crippen molar-refractivity contribution in [3.8, 4) is 0 Å². The molecule has 1 aliphatic carbocycles. The van der Waals surface area contributed by atoms with Crippen LogP contribution in [-0.2, 0) is 32.7 Å². The molecule has 0 saturated heterocycles. The lowest BCUT2D eigenvalue weighted by atomic mass is 9.85. The third-order valence-corrected chi connectivity index (χ3v) is 11.5. The van der Waals surface area contributed by atoms with Crippen LogP contribution in [0.3, 0.4) is 0 Å². The lowest BCUT2D eigenvalue weighted by Crippen LogP contribution is -2.64. The molecule has 1 fully saturated rings. The third-order valence-electron chi connectivity index (χ3n) is 10.5. The van der Waals surface area contributed by atoms with Crippen molar-refractivity contribution in [1.82, 2.24) is 0 Å². The van der Waals surface area contributed by atoms with Crippen LogP contribution < -0.4 is 0 Å². The summed E-state index contributed by atoms with van der Waals surface area (Å²) in [6.07, 6.45) is 29.2. The summed E-state index contributed by atoms with van der Waals surface area (Å²) in [7, 11) is -5.24. The van der Waals surface area contributed by atoms with E-state index in [4.69, 9.17) is 18.5 Å². The number of ether oxygens (including phenoxy) is 2. The molecule has 1 rings (SSSR count). The number of hydrogen-bond donors (Lipinski definition) is 9. The first-order valence-electron chi connectivity index (χ1n) is 24.0. The smallest absolute Gasteiger partial charge is 0.462 e. The molecule has 0 aromatic carbocycles. The molecule has 3 unspecified atom stereocenters. The standard InChI is InChI=1S/C51H81O16P/c1-3-5-7-8-9-10-11-12-13-14-15-16-17-18-19-20-21-26-30-36-44(55)64-38-41(39-65-68(62,63)67-51-49(60)47(58)46(57)48(59)50(51)61)66-45(56)37-31-35-43(54)42(53)34-29-25-23-22-24-28-33-40(52)32-27-6-4-2/h9-10,12-13,15-16,18-19,21-26,28-29,33-34,40-43,46-54,57-61H,3-8,11,14,17,20,27,30-32,35-39H2,1-2H3,(H,62,63)/b10-9-,13-12-,16-15-,19-18-,24-22-,25-23+,26-21-,33-28+,34-29+/t40-,41+,42-,43-,46?,47-,48+,49+,50+,51?/m0/s1. The number of allylic oxidation sites excluding steroid dienone is 16. The van der Waals surface area contributed by atoms with E-state index in [-0.39, 0.29) is 25.7 Å². The second-order valence-electron chi connectivity index (χ2n) is 16.5. The topological polar surface area (TPSA) is 270 Å². The van der Waals surface area contributed by atoms with E-state index in [2.05, 4.69) is 50.3 Å². The molecule has 0 aromatic heterocycles. The largest absolute Gasteiger partial charge is 0.472 e. The molecule has 0 amide bonds. The molecule has 16 nitrogen and oxygen atoms in total. The van der Waals surface area contributed by atoms with Crippen molar-refractivity contribution in [2.45, 2.75) is 184 Å². The molecule has 0 aromatic rings. The van der Waals surface area contributed by atoms with Gasteiger partial charge in [-0.05, 0) is 64.2 Å². The Kier molecular flexibility index (Phi) is 35.9. The highest BCUT2D eigenvalue weighted by atomic mass is 31.2. The minimum Gasteiger partial charge on any atom is -0.462 e. The predicted molar refractivity (Wildman–Crippen MR) is 262 cm³/mol. The number of carbonyl (C=O) groups is 2. The Morgan fingerprint density at radius 3 is 1.63 bits per heavy atom. The zero-order valence-corrected chi connectivity index (χ0v) is 40.8. The summed E-state index contributed by atoms with van der Waals surface area (Å²) in [5.74, 6) is -1.54. The molecule has 17 heteroatoms. The normalized spacial score (nSPS) is 23.4. The van der Waals surface area contributed by atoms with Crippen molar-refractivity contribution < 1.29 is 78.4 Å². The monoisotopic (exact) mass is 981 g/mol. The van der Waals surface area contributed by atoms with Gasteiger partial charge in [0.25, 0.3) is 0 Å². The number of carbonyl (C=O) groups excluding carboxylic acids is 2. The maximum absolute atomic E-state index is 12.8. The molecule has 1 aliphatic rings. The fraction of sp³-hybridized carbons (Fsp3) is 0.608. The quantitative estimate of drug-likeness (QED) is 0.0105. The van der Waals surface area contributed by atoms with Crippen LogP contribution in [0.15, 0.2) is 109 Å². The van der Waals surface area contributed by atoms with Gasteiger partial charge in [-0.2, -0.15) is 0 Å². The first-order valence-corrected chi connectivity index (χ1v) is 25.5. The molecule has 386 valence electrons. The van der Waals surface area contributed by atoms with Gasteiger partial charge in [0.05, 0.1) is 24.9 Å². The van der Waals surface area contributed by atoms with E-state index in [0.717, 1.165) is 44.9 Å². The lowest BCUT2D eigenvalue weighted by Gasteiger charge is -2.41. The summed E-state index contributed by atoms with van der Waals surface area (Å²) in [5, 5.41) is 80.8. The van der Waals surface area contributed by atoms with Crippen LogP contribution in [0.4, 0.5) is 0 Å². The predicted octanol–water partition coefficient (Wildman–Crippen LogP) is 6.52. The molecule has 0 heterocycles. The van der Waals surface area contributed by atoms with Crippen molar-refractivity contribution in [2.75, 3.05) is 13.2 Å².